The summed E-state index contributed by atoms with van der Waals surface area (Å²) in [4.78, 5) is 0. The lowest BCUT2D eigenvalue weighted by molar-refractivity contribution is 0.000984. The summed E-state index contributed by atoms with van der Waals surface area (Å²) in [6.45, 7) is 8.55. The molecule has 4 nitrogen and oxygen atoms in total. The van der Waals surface area contributed by atoms with Crippen LogP contribution in [0.15, 0.2) is 0 Å². The molecule has 1 heterocycles. The molecule has 6 heteroatoms. The summed E-state index contributed by atoms with van der Waals surface area (Å²) >= 11 is 4.53. The topological polar surface area (TPSA) is 39.7 Å². The molecular formula is C12H27NO3SSi. The monoisotopic (exact) mass is 293 g/mol. The normalized spacial score (nSPS) is 31.7. The molecule has 108 valence electrons. The second-order valence-electron chi connectivity index (χ2n) is 4.91. The van der Waals surface area contributed by atoms with Gasteiger partial charge < -0.3 is 8.85 Å². The molecule has 1 N–H and O–H groups in total. The maximum atomic E-state index is 5.97. The summed E-state index contributed by atoms with van der Waals surface area (Å²) in [7, 11) is -2.53. The van der Waals surface area contributed by atoms with Crippen molar-refractivity contribution >= 4 is 21.4 Å². The van der Waals surface area contributed by atoms with Crippen LogP contribution in [0.5, 0.6) is 0 Å². The highest BCUT2D eigenvalue weighted by Gasteiger charge is 2.42. The van der Waals surface area contributed by atoms with Crippen molar-refractivity contribution < 1.29 is 13.4 Å². The third-order valence-electron chi connectivity index (χ3n) is 3.21. The molecule has 1 saturated heterocycles. The van der Waals surface area contributed by atoms with Gasteiger partial charge in [0.2, 0.25) is 0 Å². The van der Waals surface area contributed by atoms with Gasteiger partial charge in [0.15, 0.2) is 0 Å². The standard InChI is InChI=1S/C12H27NO3SSi/c1-4-12(17)7-9-18(14-5-2)15-8-6-11(3)10-13-16-18/h11-13,17H,4-10H2,1-3H3. The van der Waals surface area contributed by atoms with Gasteiger partial charge >= 0.3 is 8.80 Å². The smallest absolute Gasteiger partial charge is 0.373 e. The van der Waals surface area contributed by atoms with Gasteiger partial charge in [-0.3, -0.25) is 4.53 Å². The van der Waals surface area contributed by atoms with Gasteiger partial charge in [-0.25, -0.2) is 5.48 Å². The molecule has 0 aromatic heterocycles. The third-order valence-corrected chi connectivity index (χ3v) is 6.56. The van der Waals surface area contributed by atoms with Crippen molar-refractivity contribution in [1.29, 1.82) is 0 Å². The Morgan fingerprint density at radius 1 is 1.50 bits per heavy atom. The van der Waals surface area contributed by atoms with Crippen LogP contribution in [0, 0.1) is 5.92 Å². The lowest BCUT2D eigenvalue weighted by Gasteiger charge is -2.32. The SMILES string of the molecule is CCO[Si]1(CCC(S)CC)OCCC(C)CNO1. The van der Waals surface area contributed by atoms with Crippen molar-refractivity contribution in [3.05, 3.63) is 0 Å². The van der Waals surface area contributed by atoms with Crippen molar-refractivity contribution in [3.8, 4) is 0 Å². The van der Waals surface area contributed by atoms with Crippen LogP contribution >= 0.6 is 12.6 Å². The van der Waals surface area contributed by atoms with E-state index < -0.39 is 8.80 Å². The molecule has 3 unspecified atom stereocenters. The van der Waals surface area contributed by atoms with Crippen molar-refractivity contribution in [3.63, 3.8) is 0 Å². The second kappa shape index (κ2) is 8.55. The first kappa shape index (κ1) is 16.5. The van der Waals surface area contributed by atoms with Crippen LogP contribution in [-0.4, -0.2) is 33.8 Å². The van der Waals surface area contributed by atoms with Crippen molar-refractivity contribution in [1.82, 2.24) is 5.48 Å². The Labute approximate surface area is 117 Å². The van der Waals surface area contributed by atoms with E-state index in [0.717, 1.165) is 38.5 Å². The molecule has 0 radical (unpaired) electrons. The van der Waals surface area contributed by atoms with E-state index in [4.69, 9.17) is 13.4 Å². The van der Waals surface area contributed by atoms with Crippen molar-refractivity contribution in [2.75, 3.05) is 19.8 Å². The summed E-state index contributed by atoms with van der Waals surface area (Å²) in [5.41, 5.74) is 3.04. The zero-order valence-corrected chi connectivity index (χ0v) is 13.7. The van der Waals surface area contributed by atoms with Crippen molar-refractivity contribution in [2.45, 2.75) is 51.3 Å². The number of nitrogens with one attached hydrogen (secondary N) is 1. The van der Waals surface area contributed by atoms with E-state index >= 15 is 0 Å². The first-order valence-corrected chi connectivity index (χ1v) is 9.43. The Balaban J connectivity index is 2.54. The highest BCUT2D eigenvalue weighted by Crippen LogP contribution is 2.23. The Bertz CT molecular complexity index is 223. The van der Waals surface area contributed by atoms with Gasteiger partial charge in [0, 0.05) is 31.1 Å². The minimum Gasteiger partial charge on any atom is -0.373 e. The van der Waals surface area contributed by atoms with Crippen LogP contribution in [0.4, 0.5) is 0 Å². The molecule has 3 atom stereocenters. The molecule has 0 bridgehead atoms. The fraction of sp³-hybridized carbons (Fsp3) is 1.00. The fourth-order valence-corrected chi connectivity index (χ4v) is 4.71. The molecule has 1 fully saturated rings. The summed E-state index contributed by atoms with van der Waals surface area (Å²) in [6, 6.07) is 0.838. The maximum absolute atomic E-state index is 5.97. The Morgan fingerprint density at radius 2 is 2.28 bits per heavy atom. The van der Waals surface area contributed by atoms with Gasteiger partial charge in [0.25, 0.3) is 0 Å². The molecule has 0 aromatic carbocycles. The van der Waals surface area contributed by atoms with Crippen LogP contribution in [0.1, 0.15) is 40.0 Å². The van der Waals surface area contributed by atoms with Crippen LogP contribution in [-0.2, 0) is 13.4 Å². The minimum absolute atomic E-state index is 0.395. The molecule has 0 saturated carbocycles. The second-order valence-corrected chi connectivity index (χ2v) is 8.29. The first-order valence-electron chi connectivity index (χ1n) is 6.98. The quantitative estimate of drug-likeness (QED) is 0.583. The number of hydrogen-bond donors (Lipinski definition) is 2. The van der Waals surface area contributed by atoms with Gasteiger partial charge in [0.1, 0.15) is 0 Å². The van der Waals surface area contributed by atoms with E-state index in [1.165, 1.54) is 0 Å². The summed E-state index contributed by atoms with van der Waals surface area (Å²) in [5.74, 6) is 0.576. The van der Waals surface area contributed by atoms with Gasteiger partial charge in [0.05, 0.1) is 0 Å². The largest absolute Gasteiger partial charge is 0.517 e. The fourth-order valence-electron chi connectivity index (χ4n) is 1.87. The van der Waals surface area contributed by atoms with Crippen LogP contribution < -0.4 is 5.48 Å². The van der Waals surface area contributed by atoms with Gasteiger partial charge in [-0.1, -0.05) is 13.8 Å². The molecule has 18 heavy (non-hydrogen) atoms. The molecule has 0 aliphatic carbocycles. The highest BCUT2D eigenvalue weighted by atomic mass is 32.1. The van der Waals surface area contributed by atoms with E-state index in [0.29, 0.717) is 17.8 Å². The summed E-state index contributed by atoms with van der Waals surface area (Å²) < 4.78 is 17.6. The minimum atomic E-state index is -2.53. The van der Waals surface area contributed by atoms with E-state index in [1.807, 2.05) is 6.92 Å². The third kappa shape index (κ3) is 5.58. The first-order chi connectivity index (χ1) is 8.62. The molecule has 0 aromatic rings. The number of rotatable bonds is 6. The van der Waals surface area contributed by atoms with E-state index in [2.05, 4.69) is 32.0 Å². The average molecular weight is 294 g/mol. The molecule has 1 aliphatic rings. The molecular weight excluding hydrogens is 266 g/mol. The molecule has 1 aliphatic heterocycles. The summed E-state index contributed by atoms with van der Waals surface area (Å²) in [5, 5.41) is 0.395. The average Bonchev–Trinajstić information content (AvgIpc) is 2.34. The molecule has 1 rings (SSSR count). The number of hydrogen-bond acceptors (Lipinski definition) is 5. The molecule has 0 spiro atoms. The predicted octanol–water partition coefficient (Wildman–Crippen LogP) is 2.64. The van der Waals surface area contributed by atoms with Gasteiger partial charge in [-0.15, -0.1) is 0 Å². The van der Waals surface area contributed by atoms with Crippen molar-refractivity contribution in [2.24, 2.45) is 5.92 Å². The van der Waals surface area contributed by atoms with Gasteiger partial charge in [-0.2, -0.15) is 12.6 Å². The Hall–Kier alpha value is 0.407. The zero-order valence-electron chi connectivity index (χ0n) is 11.8. The number of thiol groups is 1. The predicted molar refractivity (Wildman–Crippen MR) is 78.7 cm³/mol. The maximum Gasteiger partial charge on any atom is 0.517 e. The van der Waals surface area contributed by atoms with Crippen LogP contribution in [0.3, 0.4) is 0 Å². The van der Waals surface area contributed by atoms with E-state index in [1.54, 1.807) is 0 Å². The van der Waals surface area contributed by atoms with E-state index in [9.17, 15) is 0 Å². The zero-order chi connectivity index (χ0) is 13.4. The number of hydroxylamine groups is 1. The summed E-state index contributed by atoms with van der Waals surface area (Å²) in [6.07, 6.45) is 3.09. The Kier molecular flexibility index (Phi) is 7.82. The lowest BCUT2D eigenvalue weighted by atomic mass is 10.1. The van der Waals surface area contributed by atoms with Crippen LogP contribution in [0.25, 0.3) is 0 Å². The van der Waals surface area contributed by atoms with E-state index in [-0.39, 0.29) is 0 Å². The highest BCUT2D eigenvalue weighted by molar-refractivity contribution is 7.80. The molecule has 0 amide bonds. The van der Waals surface area contributed by atoms with Crippen LogP contribution in [0.2, 0.25) is 6.04 Å². The Morgan fingerprint density at radius 3 is 2.94 bits per heavy atom. The van der Waals surface area contributed by atoms with Gasteiger partial charge in [-0.05, 0) is 32.1 Å². The lowest BCUT2D eigenvalue weighted by Crippen LogP contribution is -2.52.